The summed E-state index contributed by atoms with van der Waals surface area (Å²) in [5.74, 6) is -0.187. The molecule has 0 aliphatic rings. The number of halogens is 1. The highest BCUT2D eigenvalue weighted by Crippen LogP contribution is 2.14. The smallest absolute Gasteiger partial charge is 0.123 e. The lowest BCUT2D eigenvalue weighted by Crippen LogP contribution is -2.20. The number of unbranched alkanes of at least 4 members (excludes halogenated alkanes) is 3. The highest BCUT2D eigenvalue weighted by Gasteiger charge is 2.00. The van der Waals surface area contributed by atoms with Crippen molar-refractivity contribution in [2.24, 2.45) is 0 Å². The lowest BCUT2D eigenvalue weighted by molar-refractivity contribution is 0.292. The van der Waals surface area contributed by atoms with Crippen LogP contribution in [-0.2, 0) is 0 Å². The average Bonchev–Trinajstić information content (AvgIpc) is 2.42. The molecule has 0 spiro atoms. The van der Waals surface area contributed by atoms with Crippen LogP contribution in [0.4, 0.5) is 10.1 Å². The van der Waals surface area contributed by atoms with Gasteiger partial charge in [0.15, 0.2) is 0 Å². The zero-order valence-electron chi connectivity index (χ0n) is 11.7. The number of aliphatic hydroxyl groups is 1. The van der Waals surface area contributed by atoms with Crippen LogP contribution in [0, 0.1) is 5.82 Å². The second-order valence-electron chi connectivity index (χ2n) is 4.79. The first-order chi connectivity index (χ1) is 9.24. The number of anilines is 1. The van der Waals surface area contributed by atoms with Gasteiger partial charge < -0.3 is 15.3 Å². The van der Waals surface area contributed by atoms with Gasteiger partial charge in [-0.25, -0.2) is 4.39 Å². The molecular weight excluding hydrogens is 243 g/mol. The maximum absolute atomic E-state index is 12.8. The van der Waals surface area contributed by atoms with Gasteiger partial charge >= 0.3 is 0 Å². The molecule has 0 aliphatic carbocycles. The molecule has 0 atom stereocenters. The Kier molecular flexibility index (Phi) is 8.18. The molecule has 0 bridgehead atoms. The maximum Gasteiger partial charge on any atom is 0.123 e. The van der Waals surface area contributed by atoms with Crippen LogP contribution in [0.15, 0.2) is 24.3 Å². The summed E-state index contributed by atoms with van der Waals surface area (Å²) in [5.41, 5.74) is 1.06. The normalized spacial score (nSPS) is 10.7. The van der Waals surface area contributed by atoms with Crippen molar-refractivity contribution in [2.45, 2.75) is 25.7 Å². The van der Waals surface area contributed by atoms with Gasteiger partial charge in [-0.1, -0.05) is 12.8 Å². The van der Waals surface area contributed by atoms with Crippen LogP contribution in [-0.4, -0.2) is 38.4 Å². The van der Waals surface area contributed by atoms with E-state index in [0.29, 0.717) is 6.54 Å². The molecule has 3 nitrogen and oxygen atoms in total. The molecule has 19 heavy (non-hydrogen) atoms. The van der Waals surface area contributed by atoms with Gasteiger partial charge in [0.1, 0.15) is 5.82 Å². The van der Waals surface area contributed by atoms with Crippen molar-refractivity contribution in [3.8, 4) is 0 Å². The number of benzene rings is 1. The highest BCUT2D eigenvalue weighted by atomic mass is 19.1. The summed E-state index contributed by atoms with van der Waals surface area (Å²) in [5, 5.41) is 11.8. The van der Waals surface area contributed by atoms with Crippen molar-refractivity contribution in [3.05, 3.63) is 30.1 Å². The van der Waals surface area contributed by atoms with Gasteiger partial charge in [-0.05, 0) is 43.7 Å². The van der Waals surface area contributed by atoms with Crippen LogP contribution in [0.3, 0.4) is 0 Å². The third kappa shape index (κ3) is 7.13. The Bertz CT molecular complexity index is 329. The van der Waals surface area contributed by atoms with Crippen LogP contribution < -0.4 is 10.2 Å². The second kappa shape index (κ2) is 9.75. The molecule has 108 valence electrons. The van der Waals surface area contributed by atoms with E-state index in [1.165, 1.54) is 25.0 Å². The Labute approximate surface area is 115 Å². The summed E-state index contributed by atoms with van der Waals surface area (Å²) in [4.78, 5) is 2.16. The summed E-state index contributed by atoms with van der Waals surface area (Å²) < 4.78 is 12.8. The third-order valence-corrected chi connectivity index (χ3v) is 3.15. The van der Waals surface area contributed by atoms with Crippen molar-refractivity contribution < 1.29 is 9.50 Å². The van der Waals surface area contributed by atoms with Gasteiger partial charge in [-0.3, -0.25) is 0 Å². The fraction of sp³-hybridized carbons (Fsp3) is 0.600. The Balaban J connectivity index is 2.04. The van der Waals surface area contributed by atoms with Gasteiger partial charge in [0.25, 0.3) is 0 Å². The quantitative estimate of drug-likeness (QED) is 0.640. The van der Waals surface area contributed by atoms with Crippen molar-refractivity contribution >= 4 is 5.69 Å². The molecule has 0 saturated heterocycles. The first-order valence-electron chi connectivity index (χ1n) is 7.02. The van der Waals surface area contributed by atoms with Crippen LogP contribution in [0.25, 0.3) is 0 Å². The molecule has 0 aromatic heterocycles. The van der Waals surface area contributed by atoms with E-state index in [1.807, 2.05) is 19.2 Å². The van der Waals surface area contributed by atoms with E-state index in [2.05, 4.69) is 10.2 Å². The molecule has 0 heterocycles. The molecular formula is C15H25FN2O. The van der Waals surface area contributed by atoms with Gasteiger partial charge in [-0.2, -0.15) is 0 Å². The fourth-order valence-electron chi connectivity index (χ4n) is 1.98. The Morgan fingerprint density at radius 2 is 1.74 bits per heavy atom. The lowest BCUT2D eigenvalue weighted by Gasteiger charge is -2.19. The van der Waals surface area contributed by atoms with E-state index in [9.17, 15) is 4.39 Å². The minimum Gasteiger partial charge on any atom is -0.395 e. The van der Waals surface area contributed by atoms with E-state index in [4.69, 9.17) is 5.11 Å². The van der Waals surface area contributed by atoms with Crippen LogP contribution in [0.1, 0.15) is 25.7 Å². The molecule has 0 fully saturated rings. The van der Waals surface area contributed by atoms with Crippen LogP contribution in [0.2, 0.25) is 0 Å². The summed E-state index contributed by atoms with van der Waals surface area (Å²) >= 11 is 0. The number of hydrogen-bond acceptors (Lipinski definition) is 3. The molecule has 0 amide bonds. The molecule has 1 aromatic rings. The zero-order valence-corrected chi connectivity index (χ0v) is 11.7. The molecule has 0 saturated carbocycles. The number of hydrogen-bond donors (Lipinski definition) is 2. The van der Waals surface area contributed by atoms with Crippen molar-refractivity contribution in [1.82, 2.24) is 5.32 Å². The van der Waals surface area contributed by atoms with Crippen molar-refractivity contribution in [2.75, 3.05) is 38.2 Å². The third-order valence-electron chi connectivity index (χ3n) is 3.15. The molecule has 2 N–H and O–H groups in total. The molecule has 1 aromatic carbocycles. The van der Waals surface area contributed by atoms with Crippen LogP contribution >= 0.6 is 0 Å². The Morgan fingerprint density at radius 1 is 1.05 bits per heavy atom. The molecule has 0 radical (unpaired) electrons. The fourth-order valence-corrected chi connectivity index (χ4v) is 1.98. The maximum atomic E-state index is 12.8. The predicted molar refractivity (Wildman–Crippen MR) is 78.1 cm³/mol. The van der Waals surface area contributed by atoms with Gasteiger partial charge in [-0.15, -0.1) is 0 Å². The zero-order chi connectivity index (χ0) is 13.9. The van der Waals surface area contributed by atoms with E-state index in [-0.39, 0.29) is 12.4 Å². The first kappa shape index (κ1) is 15.9. The number of rotatable bonds is 10. The number of nitrogens with one attached hydrogen (secondary N) is 1. The van der Waals surface area contributed by atoms with Crippen molar-refractivity contribution in [1.29, 1.82) is 0 Å². The second-order valence-corrected chi connectivity index (χ2v) is 4.79. The van der Waals surface area contributed by atoms with Gasteiger partial charge in [0.2, 0.25) is 0 Å². The molecule has 1 rings (SSSR count). The molecule has 0 aliphatic heterocycles. The highest BCUT2D eigenvalue weighted by molar-refractivity contribution is 5.45. The van der Waals surface area contributed by atoms with E-state index in [1.54, 1.807) is 0 Å². The largest absolute Gasteiger partial charge is 0.395 e. The molecule has 4 heteroatoms. The summed E-state index contributed by atoms with van der Waals surface area (Å²) in [6.45, 7) is 2.87. The number of nitrogens with zero attached hydrogens (tertiary/aromatic N) is 1. The minimum absolute atomic E-state index is 0.187. The van der Waals surface area contributed by atoms with E-state index in [0.717, 1.165) is 31.6 Å². The Hall–Kier alpha value is -1.13. The number of aliphatic hydroxyl groups excluding tert-OH is 1. The monoisotopic (exact) mass is 268 g/mol. The summed E-state index contributed by atoms with van der Waals surface area (Å²) in [7, 11) is 2.04. The minimum atomic E-state index is -0.187. The SMILES string of the molecule is CN(CCCCCCNCCO)c1ccc(F)cc1. The van der Waals surface area contributed by atoms with Gasteiger partial charge in [0, 0.05) is 25.8 Å². The predicted octanol–water partition coefficient (Wildman–Crippen LogP) is 2.40. The van der Waals surface area contributed by atoms with Crippen molar-refractivity contribution in [3.63, 3.8) is 0 Å². The average molecular weight is 268 g/mol. The molecule has 0 unspecified atom stereocenters. The summed E-state index contributed by atoms with van der Waals surface area (Å²) in [6.07, 6.45) is 4.70. The van der Waals surface area contributed by atoms with E-state index >= 15 is 0 Å². The van der Waals surface area contributed by atoms with Crippen LogP contribution in [0.5, 0.6) is 0 Å². The lowest BCUT2D eigenvalue weighted by atomic mass is 10.2. The Morgan fingerprint density at radius 3 is 2.42 bits per heavy atom. The van der Waals surface area contributed by atoms with E-state index < -0.39 is 0 Å². The first-order valence-corrected chi connectivity index (χ1v) is 7.02. The van der Waals surface area contributed by atoms with Gasteiger partial charge in [0.05, 0.1) is 6.61 Å². The summed E-state index contributed by atoms with van der Waals surface area (Å²) in [6, 6.07) is 6.62. The topological polar surface area (TPSA) is 35.5 Å². The standard InChI is InChI=1S/C15H25FN2O/c1-18(15-8-6-14(16)7-9-15)12-5-3-2-4-10-17-11-13-19/h6-9,17,19H,2-5,10-13H2,1H3.